The lowest BCUT2D eigenvalue weighted by atomic mass is 10.1. The van der Waals surface area contributed by atoms with Gasteiger partial charge in [0.05, 0.1) is 12.2 Å². The lowest BCUT2D eigenvalue weighted by Crippen LogP contribution is -2.26. The molecular formula is C15H18N6O3S. The molecule has 0 aliphatic carbocycles. The molecule has 2 heterocycles. The van der Waals surface area contributed by atoms with Crippen molar-refractivity contribution in [2.45, 2.75) is 24.4 Å². The van der Waals surface area contributed by atoms with Crippen LogP contribution < -0.4 is 10.5 Å². The number of hydrogen-bond acceptors (Lipinski definition) is 7. The molecule has 3 aromatic rings. The Balaban J connectivity index is 1.77. The molecule has 0 radical (unpaired) electrons. The number of aryl methyl sites for hydroxylation is 1. The van der Waals surface area contributed by atoms with Crippen molar-refractivity contribution < 1.29 is 12.9 Å². The van der Waals surface area contributed by atoms with Crippen molar-refractivity contribution in [3.63, 3.8) is 0 Å². The second-order valence-electron chi connectivity index (χ2n) is 5.55. The van der Waals surface area contributed by atoms with Gasteiger partial charge in [-0.25, -0.2) is 8.42 Å². The average Bonchev–Trinajstić information content (AvgIpc) is 3.24. The van der Waals surface area contributed by atoms with Crippen LogP contribution in [0, 0.1) is 0 Å². The molecule has 3 rings (SSSR count). The van der Waals surface area contributed by atoms with Crippen molar-refractivity contribution in [2.75, 3.05) is 0 Å². The Labute approximate surface area is 144 Å². The van der Waals surface area contributed by atoms with Gasteiger partial charge in [-0.15, -0.1) is 0 Å². The van der Waals surface area contributed by atoms with Gasteiger partial charge < -0.3 is 10.3 Å². The standard InChI is InChI=1S/C15H18N6O3S/c1-10(20-25(22,23)13-8-17-21(2)9-13)15-18-14(19-24-15)12-5-3-11(7-16)4-6-12/h3-6,8-10,20H,7,16H2,1-2H3. The minimum atomic E-state index is -3.73. The van der Waals surface area contributed by atoms with E-state index in [1.807, 2.05) is 24.3 Å². The normalized spacial score (nSPS) is 13.1. The van der Waals surface area contributed by atoms with Crippen molar-refractivity contribution in [1.29, 1.82) is 0 Å². The van der Waals surface area contributed by atoms with Gasteiger partial charge in [0.25, 0.3) is 0 Å². The number of sulfonamides is 1. The number of hydrogen-bond donors (Lipinski definition) is 2. The fraction of sp³-hybridized carbons (Fsp3) is 0.267. The Bertz CT molecular complexity index is 961. The molecule has 0 saturated heterocycles. The van der Waals surface area contributed by atoms with Crippen LogP contribution in [0.1, 0.15) is 24.4 Å². The van der Waals surface area contributed by atoms with Crippen molar-refractivity contribution in [3.8, 4) is 11.4 Å². The van der Waals surface area contributed by atoms with E-state index in [1.165, 1.54) is 17.1 Å². The fourth-order valence-corrected chi connectivity index (χ4v) is 3.39. The molecule has 0 aliphatic rings. The number of nitrogens with two attached hydrogens (primary N) is 1. The van der Waals surface area contributed by atoms with Gasteiger partial charge in [0.1, 0.15) is 4.90 Å². The summed E-state index contributed by atoms with van der Waals surface area (Å²) < 4.78 is 33.7. The van der Waals surface area contributed by atoms with Crippen LogP contribution >= 0.6 is 0 Å². The summed E-state index contributed by atoms with van der Waals surface area (Å²) >= 11 is 0. The molecule has 1 atom stereocenters. The van der Waals surface area contributed by atoms with E-state index in [4.69, 9.17) is 10.3 Å². The summed E-state index contributed by atoms with van der Waals surface area (Å²) in [7, 11) is -2.08. The van der Waals surface area contributed by atoms with E-state index in [0.717, 1.165) is 11.1 Å². The fourth-order valence-electron chi connectivity index (χ4n) is 2.21. The minimum Gasteiger partial charge on any atom is -0.337 e. The van der Waals surface area contributed by atoms with Crippen molar-refractivity contribution >= 4 is 10.0 Å². The Morgan fingerprint density at radius 3 is 2.64 bits per heavy atom. The van der Waals surface area contributed by atoms with Gasteiger partial charge >= 0.3 is 0 Å². The maximum absolute atomic E-state index is 12.3. The molecular weight excluding hydrogens is 344 g/mol. The molecule has 1 aromatic carbocycles. The molecule has 0 fully saturated rings. The highest BCUT2D eigenvalue weighted by Crippen LogP contribution is 2.20. The summed E-state index contributed by atoms with van der Waals surface area (Å²) in [6, 6.07) is 6.73. The summed E-state index contributed by atoms with van der Waals surface area (Å²) in [5.74, 6) is 0.552. The minimum absolute atomic E-state index is 0.0685. The first-order valence-corrected chi connectivity index (χ1v) is 9.01. The predicted molar refractivity (Wildman–Crippen MR) is 89.6 cm³/mol. The third-order valence-electron chi connectivity index (χ3n) is 3.58. The van der Waals surface area contributed by atoms with Crippen LogP contribution in [0.25, 0.3) is 11.4 Å². The first-order valence-electron chi connectivity index (χ1n) is 7.53. The predicted octanol–water partition coefficient (Wildman–Crippen LogP) is 0.968. The molecule has 1 unspecified atom stereocenters. The third kappa shape index (κ3) is 3.76. The molecule has 2 aromatic heterocycles. The second-order valence-corrected chi connectivity index (χ2v) is 7.26. The van der Waals surface area contributed by atoms with Crippen LogP contribution in [0.3, 0.4) is 0 Å². The molecule has 0 aliphatic heterocycles. The largest absolute Gasteiger partial charge is 0.337 e. The lowest BCUT2D eigenvalue weighted by Gasteiger charge is -2.08. The van der Waals surface area contributed by atoms with E-state index in [9.17, 15) is 8.42 Å². The summed E-state index contributed by atoms with van der Waals surface area (Å²) in [5, 5.41) is 7.76. The molecule has 132 valence electrons. The SMILES string of the molecule is CC(NS(=O)(=O)c1cnn(C)c1)c1nc(-c2ccc(CN)cc2)no1. The zero-order valence-electron chi connectivity index (χ0n) is 13.7. The topological polar surface area (TPSA) is 129 Å². The second kappa shape index (κ2) is 6.75. The molecule has 0 spiro atoms. The smallest absolute Gasteiger partial charge is 0.244 e. The van der Waals surface area contributed by atoms with Gasteiger partial charge in [-0.2, -0.15) is 14.8 Å². The van der Waals surface area contributed by atoms with E-state index in [1.54, 1.807) is 14.0 Å². The van der Waals surface area contributed by atoms with Gasteiger partial charge in [-0.05, 0) is 12.5 Å². The first kappa shape index (κ1) is 17.3. The monoisotopic (exact) mass is 362 g/mol. The zero-order valence-corrected chi connectivity index (χ0v) is 14.6. The van der Waals surface area contributed by atoms with Gasteiger partial charge in [-0.1, -0.05) is 29.4 Å². The molecule has 0 amide bonds. The number of benzene rings is 1. The maximum atomic E-state index is 12.3. The molecule has 25 heavy (non-hydrogen) atoms. The van der Waals surface area contributed by atoms with E-state index < -0.39 is 16.1 Å². The summed E-state index contributed by atoms with van der Waals surface area (Å²) in [4.78, 5) is 4.33. The van der Waals surface area contributed by atoms with E-state index in [2.05, 4.69) is 20.0 Å². The quantitative estimate of drug-likeness (QED) is 0.668. The molecule has 0 saturated carbocycles. The van der Waals surface area contributed by atoms with Crippen LogP contribution in [0.15, 0.2) is 46.1 Å². The number of nitrogens with one attached hydrogen (secondary N) is 1. The van der Waals surface area contributed by atoms with Crippen LogP contribution in [0.4, 0.5) is 0 Å². The summed E-state index contributed by atoms with van der Waals surface area (Å²) in [6.45, 7) is 2.08. The molecule has 9 nitrogen and oxygen atoms in total. The molecule has 10 heteroatoms. The number of nitrogens with zero attached hydrogens (tertiary/aromatic N) is 4. The number of aromatic nitrogens is 4. The molecule has 3 N–H and O–H groups in total. The van der Waals surface area contributed by atoms with Gasteiger partial charge in [0.15, 0.2) is 0 Å². The summed E-state index contributed by atoms with van der Waals surface area (Å²) in [5.41, 5.74) is 7.32. The highest BCUT2D eigenvalue weighted by Gasteiger charge is 2.23. The Hall–Kier alpha value is -2.56. The number of rotatable bonds is 6. The third-order valence-corrected chi connectivity index (χ3v) is 5.08. The van der Waals surface area contributed by atoms with Crippen molar-refractivity contribution in [3.05, 3.63) is 48.1 Å². The zero-order chi connectivity index (χ0) is 18.0. The maximum Gasteiger partial charge on any atom is 0.244 e. The van der Waals surface area contributed by atoms with Crippen molar-refractivity contribution in [1.82, 2.24) is 24.6 Å². The highest BCUT2D eigenvalue weighted by atomic mass is 32.2. The van der Waals surface area contributed by atoms with E-state index >= 15 is 0 Å². The van der Waals surface area contributed by atoms with E-state index in [0.29, 0.717) is 12.4 Å². The Morgan fingerprint density at radius 1 is 1.32 bits per heavy atom. The van der Waals surface area contributed by atoms with Gasteiger partial charge in [0, 0.05) is 25.4 Å². The Morgan fingerprint density at radius 2 is 2.04 bits per heavy atom. The van der Waals surface area contributed by atoms with Crippen molar-refractivity contribution in [2.24, 2.45) is 12.8 Å². The van der Waals surface area contributed by atoms with Crippen LogP contribution in [-0.2, 0) is 23.6 Å². The van der Waals surface area contributed by atoms with Crippen LogP contribution in [0.2, 0.25) is 0 Å². The van der Waals surface area contributed by atoms with Crippen LogP contribution in [0.5, 0.6) is 0 Å². The van der Waals surface area contributed by atoms with E-state index in [-0.39, 0.29) is 10.8 Å². The highest BCUT2D eigenvalue weighted by molar-refractivity contribution is 7.89. The van der Waals surface area contributed by atoms with Crippen LogP contribution in [-0.4, -0.2) is 28.3 Å². The van der Waals surface area contributed by atoms with Gasteiger partial charge in [0.2, 0.25) is 21.7 Å². The molecule has 0 bridgehead atoms. The average molecular weight is 362 g/mol. The van der Waals surface area contributed by atoms with Gasteiger partial charge in [-0.3, -0.25) is 4.68 Å². The lowest BCUT2D eigenvalue weighted by molar-refractivity contribution is 0.354. The Kier molecular flexibility index (Phi) is 4.66. The summed E-state index contributed by atoms with van der Waals surface area (Å²) in [6.07, 6.45) is 2.68. The first-order chi connectivity index (χ1) is 11.9.